The number of nitrogens with one attached hydrogen (secondary N) is 1. The number of carbonyl (C=O) groups is 1. The Kier molecular flexibility index (Phi) is 9.59. The van der Waals surface area contributed by atoms with Crippen molar-refractivity contribution in [1.82, 2.24) is 5.32 Å². The minimum atomic E-state index is 0.0512. The summed E-state index contributed by atoms with van der Waals surface area (Å²) in [5, 5.41) is 11.7. The van der Waals surface area contributed by atoms with Crippen LogP contribution in [0.5, 0.6) is 0 Å². The summed E-state index contributed by atoms with van der Waals surface area (Å²) in [5.41, 5.74) is 0.0512. The van der Waals surface area contributed by atoms with Crippen molar-refractivity contribution in [2.75, 3.05) is 38.4 Å². The molecule has 0 aliphatic heterocycles. The van der Waals surface area contributed by atoms with Crippen molar-refractivity contribution >= 4 is 17.7 Å². The van der Waals surface area contributed by atoms with Crippen LogP contribution in [0.2, 0.25) is 0 Å². The van der Waals surface area contributed by atoms with Gasteiger partial charge in [0.05, 0.1) is 12.4 Å². The fraction of sp³-hybridized carbons (Fsp3) is 0.917. The second kappa shape index (κ2) is 9.74. The van der Waals surface area contributed by atoms with Crippen molar-refractivity contribution in [3.05, 3.63) is 0 Å². The van der Waals surface area contributed by atoms with Gasteiger partial charge in [-0.1, -0.05) is 13.8 Å². The normalized spacial score (nSPS) is 11.5. The molecule has 0 aliphatic rings. The van der Waals surface area contributed by atoms with Crippen LogP contribution >= 0.6 is 11.8 Å². The van der Waals surface area contributed by atoms with Gasteiger partial charge in [-0.05, 0) is 18.3 Å². The number of carbonyl (C=O) groups excluding carboxylic acids is 1. The summed E-state index contributed by atoms with van der Waals surface area (Å²) in [6.07, 6.45) is 1.70. The summed E-state index contributed by atoms with van der Waals surface area (Å²) < 4.78 is 4.91. The lowest BCUT2D eigenvalue weighted by Gasteiger charge is -2.24. The van der Waals surface area contributed by atoms with Gasteiger partial charge in [0.2, 0.25) is 5.91 Å². The largest absolute Gasteiger partial charge is 0.396 e. The van der Waals surface area contributed by atoms with E-state index in [1.165, 1.54) is 0 Å². The van der Waals surface area contributed by atoms with Crippen molar-refractivity contribution in [2.24, 2.45) is 5.41 Å². The highest BCUT2D eigenvalue weighted by molar-refractivity contribution is 7.99. The van der Waals surface area contributed by atoms with Crippen LogP contribution in [0, 0.1) is 5.41 Å². The van der Waals surface area contributed by atoms with E-state index in [4.69, 9.17) is 9.84 Å². The number of aliphatic hydroxyl groups excluding tert-OH is 1. The molecule has 0 saturated heterocycles. The first-order valence-electron chi connectivity index (χ1n) is 5.96. The number of rotatable bonds is 10. The molecule has 5 heteroatoms. The molecule has 0 saturated carbocycles. The second-order valence-corrected chi connectivity index (χ2v) is 5.92. The highest BCUT2D eigenvalue weighted by Gasteiger charge is 2.18. The molecule has 0 unspecified atom stereocenters. The number of ether oxygens (including phenoxy) is 1. The Hall–Kier alpha value is -0.260. The minimum absolute atomic E-state index is 0.0512. The molecule has 0 aromatic carbocycles. The molecule has 4 nitrogen and oxygen atoms in total. The van der Waals surface area contributed by atoms with Crippen molar-refractivity contribution in [2.45, 2.75) is 26.7 Å². The number of hydrogen-bond acceptors (Lipinski definition) is 4. The van der Waals surface area contributed by atoms with Gasteiger partial charge in [0.25, 0.3) is 0 Å². The van der Waals surface area contributed by atoms with Crippen molar-refractivity contribution < 1.29 is 14.6 Å². The SMILES string of the molecule is COCCSCC(=O)NCC(C)(C)CCCO. The van der Waals surface area contributed by atoms with E-state index in [0.717, 1.165) is 18.6 Å². The van der Waals surface area contributed by atoms with E-state index < -0.39 is 0 Å². The fourth-order valence-electron chi connectivity index (χ4n) is 1.34. The van der Waals surface area contributed by atoms with E-state index in [1.807, 2.05) is 0 Å². The third-order valence-electron chi connectivity index (χ3n) is 2.44. The molecule has 17 heavy (non-hydrogen) atoms. The smallest absolute Gasteiger partial charge is 0.230 e. The fourth-order valence-corrected chi connectivity index (χ4v) is 2.06. The third kappa shape index (κ3) is 10.6. The molecule has 0 atom stereocenters. The molecule has 0 rings (SSSR count). The van der Waals surface area contributed by atoms with Crippen molar-refractivity contribution in [1.29, 1.82) is 0 Å². The molecule has 0 heterocycles. The van der Waals surface area contributed by atoms with Gasteiger partial charge in [-0.2, -0.15) is 0 Å². The van der Waals surface area contributed by atoms with Gasteiger partial charge in [0.15, 0.2) is 0 Å². The van der Waals surface area contributed by atoms with E-state index in [9.17, 15) is 4.79 Å². The molecule has 0 fully saturated rings. The average Bonchev–Trinajstić information content (AvgIpc) is 2.30. The topological polar surface area (TPSA) is 58.6 Å². The number of hydrogen-bond donors (Lipinski definition) is 2. The van der Waals surface area contributed by atoms with E-state index in [2.05, 4.69) is 19.2 Å². The van der Waals surface area contributed by atoms with Gasteiger partial charge in [-0.15, -0.1) is 11.8 Å². The van der Waals surface area contributed by atoms with Gasteiger partial charge in [0.1, 0.15) is 0 Å². The monoisotopic (exact) mass is 263 g/mol. The predicted molar refractivity (Wildman–Crippen MR) is 72.3 cm³/mol. The van der Waals surface area contributed by atoms with Crippen LogP contribution < -0.4 is 5.32 Å². The lowest BCUT2D eigenvalue weighted by molar-refractivity contribution is -0.119. The lowest BCUT2D eigenvalue weighted by Crippen LogP contribution is -2.35. The first-order chi connectivity index (χ1) is 8.02. The van der Waals surface area contributed by atoms with E-state index in [1.54, 1.807) is 18.9 Å². The molecular weight excluding hydrogens is 238 g/mol. The Labute approximate surface area is 108 Å². The highest BCUT2D eigenvalue weighted by atomic mass is 32.2. The maximum Gasteiger partial charge on any atom is 0.230 e. The minimum Gasteiger partial charge on any atom is -0.396 e. The van der Waals surface area contributed by atoms with Gasteiger partial charge in [-0.3, -0.25) is 4.79 Å². The Balaban J connectivity index is 3.60. The third-order valence-corrected chi connectivity index (χ3v) is 3.36. The average molecular weight is 263 g/mol. The van der Waals surface area contributed by atoms with Crippen LogP contribution in [0.3, 0.4) is 0 Å². The van der Waals surface area contributed by atoms with Crippen LogP contribution in [-0.4, -0.2) is 49.4 Å². The van der Waals surface area contributed by atoms with Crippen molar-refractivity contribution in [3.8, 4) is 0 Å². The Morgan fingerprint density at radius 1 is 1.47 bits per heavy atom. The Morgan fingerprint density at radius 2 is 2.18 bits per heavy atom. The highest BCUT2D eigenvalue weighted by Crippen LogP contribution is 2.20. The molecule has 0 spiro atoms. The summed E-state index contributed by atoms with van der Waals surface area (Å²) >= 11 is 1.58. The zero-order chi connectivity index (χ0) is 13.1. The molecule has 1 amide bonds. The number of methoxy groups -OCH3 is 1. The van der Waals surface area contributed by atoms with E-state index in [-0.39, 0.29) is 17.9 Å². The van der Waals surface area contributed by atoms with Crippen LogP contribution in [-0.2, 0) is 9.53 Å². The summed E-state index contributed by atoms with van der Waals surface area (Å²) in [5.74, 6) is 1.40. The second-order valence-electron chi connectivity index (χ2n) is 4.81. The molecule has 0 aromatic rings. The van der Waals surface area contributed by atoms with Crippen LogP contribution in [0.15, 0.2) is 0 Å². The molecule has 0 aromatic heterocycles. The molecule has 0 bridgehead atoms. The molecular formula is C12H25NO3S. The molecule has 0 radical (unpaired) electrons. The summed E-state index contributed by atoms with van der Waals surface area (Å²) in [7, 11) is 1.66. The summed E-state index contributed by atoms with van der Waals surface area (Å²) in [6, 6.07) is 0. The van der Waals surface area contributed by atoms with E-state index >= 15 is 0 Å². The maximum atomic E-state index is 11.5. The number of thioether (sulfide) groups is 1. The quantitative estimate of drug-likeness (QED) is 0.583. The zero-order valence-electron chi connectivity index (χ0n) is 11.1. The van der Waals surface area contributed by atoms with Gasteiger partial charge in [-0.25, -0.2) is 0 Å². The van der Waals surface area contributed by atoms with Gasteiger partial charge >= 0.3 is 0 Å². The summed E-state index contributed by atoms with van der Waals surface area (Å²) in [4.78, 5) is 11.5. The van der Waals surface area contributed by atoms with E-state index in [0.29, 0.717) is 18.9 Å². The summed E-state index contributed by atoms with van der Waals surface area (Å²) in [6.45, 7) is 5.75. The maximum absolute atomic E-state index is 11.5. The number of aliphatic hydroxyl groups is 1. The lowest BCUT2D eigenvalue weighted by atomic mass is 9.88. The van der Waals surface area contributed by atoms with Crippen LogP contribution in [0.25, 0.3) is 0 Å². The Morgan fingerprint density at radius 3 is 2.76 bits per heavy atom. The number of amides is 1. The Bertz CT molecular complexity index is 210. The molecule has 0 aliphatic carbocycles. The van der Waals surface area contributed by atoms with Gasteiger partial charge in [0, 0.05) is 26.0 Å². The first-order valence-corrected chi connectivity index (χ1v) is 7.11. The van der Waals surface area contributed by atoms with Crippen molar-refractivity contribution in [3.63, 3.8) is 0 Å². The first kappa shape index (κ1) is 16.7. The van der Waals surface area contributed by atoms with Gasteiger partial charge < -0.3 is 15.2 Å². The molecule has 102 valence electrons. The van der Waals surface area contributed by atoms with Crippen LogP contribution in [0.4, 0.5) is 0 Å². The predicted octanol–water partition coefficient (Wildman–Crippen LogP) is 1.28. The standard InChI is InChI=1S/C12H25NO3S/c1-12(2,5-4-6-14)10-13-11(15)9-17-8-7-16-3/h14H,4-10H2,1-3H3,(H,13,15). The zero-order valence-corrected chi connectivity index (χ0v) is 11.9. The molecule has 2 N–H and O–H groups in total. The van der Waals surface area contributed by atoms with Crippen LogP contribution in [0.1, 0.15) is 26.7 Å².